The van der Waals surface area contributed by atoms with Crippen molar-refractivity contribution in [2.45, 2.75) is 13.0 Å². The first-order valence-electron chi connectivity index (χ1n) is 6.18. The molecule has 19 heavy (non-hydrogen) atoms. The lowest BCUT2D eigenvalue weighted by Crippen LogP contribution is -2.04. The SMILES string of the molecule is Nc1ccc(Cc2nccn2Cc2cccs2)cc1. The molecule has 0 spiro atoms. The molecule has 3 rings (SSSR count). The number of thiophene rings is 1. The molecule has 0 radical (unpaired) electrons. The first-order valence-corrected chi connectivity index (χ1v) is 7.06. The van der Waals surface area contributed by atoms with Crippen LogP contribution in [0.1, 0.15) is 16.3 Å². The zero-order chi connectivity index (χ0) is 13.1. The molecular weight excluding hydrogens is 254 g/mol. The summed E-state index contributed by atoms with van der Waals surface area (Å²) in [5.74, 6) is 1.08. The number of anilines is 1. The third-order valence-electron chi connectivity index (χ3n) is 3.05. The highest BCUT2D eigenvalue weighted by molar-refractivity contribution is 7.09. The van der Waals surface area contributed by atoms with Crippen molar-refractivity contribution in [2.24, 2.45) is 0 Å². The van der Waals surface area contributed by atoms with Crippen LogP contribution in [0.15, 0.2) is 54.2 Å². The Balaban J connectivity index is 1.78. The first kappa shape index (κ1) is 12.0. The summed E-state index contributed by atoms with van der Waals surface area (Å²) in [6, 6.07) is 12.2. The molecule has 0 saturated heterocycles. The largest absolute Gasteiger partial charge is 0.399 e. The molecule has 3 aromatic rings. The van der Waals surface area contributed by atoms with Crippen molar-refractivity contribution in [2.75, 3.05) is 5.73 Å². The Kier molecular flexibility index (Phi) is 3.33. The number of hydrogen-bond donors (Lipinski definition) is 1. The normalized spacial score (nSPS) is 10.7. The maximum absolute atomic E-state index is 5.70. The van der Waals surface area contributed by atoms with Crippen molar-refractivity contribution in [3.63, 3.8) is 0 Å². The first-order chi connectivity index (χ1) is 9.31. The minimum Gasteiger partial charge on any atom is -0.399 e. The van der Waals surface area contributed by atoms with Gasteiger partial charge in [-0.1, -0.05) is 18.2 Å². The van der Waals surface area contributed by atoms with Gasteiger partial charge in [0, 0.05) is 29.4 Å². The lowest BCUT2D eigenvalue weighted by Gasteiger charge is -2.07. The van der Waals surface area contributed by atoms with E-state index in [9.17, 15) is 0 Å². The quantitative estimate of drug-likeness (QED) is 0.739. The molecule has 0 unspecified atom stereocenters. The van der Waals surface area contributed by atoms with Gasteiger partial charge in [0.25, 0.3) is 0 Å². The van der Waals surface area contributed by atoms with Crippen molar-refractivity contribution in [1.29, 1.82) is 0 Å². The predicted molar refractivity (Wildman–Crippen MR) is 79.3 cm³/mol. The van der Waals surface area contributed by atoms with Gasteiger partial charge in [-0.3, -0.25) is 0 Å². The summed E-state index contributed by atoms with van der Waals surface area (Å²) in [4.78, 5) is 5.79. The van der Waals surface area contributed by atoms with E-state index in [0.29, 0.717) is 0 Å². The molecule has 96 valence electrons. The second-order valence-electron chi connectivity index (χ2n) is 4.47. The Morgan fingerprint density at radius 1 is 1.16 bits per heavy atom. The van der Waals surface area contributed by atoms with E-state index in [1.54, 1.807) is 11.3 Å². The number of nitrogens with zero attached hydrogens (tertiary/aromatic N) is 2. The number of rotatable bonds is 4. The van der Waals surface area contributed by atoms with Gasteiger partial charge in [0.1, 0.15) is 5.82 Å². The number of hydrogen-bond acceptors (Lipinski definition) is 3. The molecule has 3 nitrogen and oxygen atoms in total. The van der Waals surface area contributed by atoms with Crippen LogP contribution in [-0.4, -0.2) is 9.55 Å². The van der Waals surface area contributed by atoms with Crippen LogP contribution in [0, 0.1) is 0 Å². The van der Waals surface area contributed by atoms with E-state index < -0.39 is 0 Å². The molecule has 0 amide bonds. The van der Waals surface area contributed by atoms with Crippen LogP contribution in [0.2, 0.25) is 0 Å². The fraction of sp³-hybridized carbons (Fsp3) is 0.133. The van der Waals surface area contributed by atoms with Gasteiger partial charge in [-0.05, 0) is 29.1 Å². The molecule has 0 saturated carbocycles. The van der Waals surface area contributed by atoms with Gasteiger partial charge in [0.2, 0.25) is 0 Å². The second kappa shape index (κ2) is 5.28. The topological polar surface area (TPSA) is 43.8 Å². The Bertz CT molecular complexity index is 638. The van der Waals surface area contributed by atoms with Gasteiger partial charge in [-0.2, -0.15) is 0 Å². The summed E-state index contributed by atoms with van der Waals surface area (Å²) in [6.45, 7) is 0.891. The van der Waals surface area contributed by atoms with E-state index in [1.807, 2.05) is 24.5 Å². The number of benzene rings is 1. The highest BCUT2D eigenvalue weighted by Gasteiger charge is 2.05. The molecule has 4 heteroatoms. The molecule has 2 N–H and O–H groups in total. The van der Waals surface area contributed by atoms with Crippen LogP contribution in [0.5, 0.6) is 0 Å². The van der Waals surface area contributed by atoms with E-state index >= 15 is 0 Å². The summed E-state index contributed by atoms with van der Waals surface area (Å²) in [5.41, 5.74) is 7.73. The number of aromatic nitrogens is 2. The smallest absolute Gasteiger partial charge is 0.113 e. The maximum atomic E-state index is 5.70. The summed E-state index contributed by atoms with van der Waals surface area (Å²) in [6.07, 6.45) is 4.73. The zero-order valence-electron chi connectivity index (χ0n) is 10.5. The molecule has 2 heterocycles. The zero-order valence-corrected chi connectivity index (χ0v) is 11.3. The van der Waals surface area contributed by atoms with Gasteiger partial charge in [0.15, 0.2) is 0 Å². The van der Waals surface area contributed by atoms with Crippen LogP contribution < -0.4 is 5.73 Å². The van der Waals surface area contributed by atoms with E-state index in [2.05, 4.69) is 39.2 Å². The number of nitrogen functional groups attached to an aromatic ring is 1. The van der Waals surface area contributed by atoms with Crippen LogP contribution in [0.3, 0.4) is 0 Å². The fourth-order valence-corrected chi connectivity index (χ4v) is 2.74. The van der Waals surface area contributed by atoms with Gasteiger partial charge in [-0.25, -0.2) is 4.98 Å². The fourth-order valence-electron chi connectivity index (χ4n) is 2.04. The van der Waals surface area contributed by atoms with Gasteiger partial charge in [0.05, 0.1) is 6.54 Å². The third-order valence-corrected chi connectivity index (χ3v) is 3.91. The Morgan fingerprint density at radius 2 is 2.00 bits per heavy atom. The average Bonchev–Trinajstić information content (AvgIpc) is 3.06. The Hall–Kier alpha value is -2.07. The van der Waals surface area contributed by atoms with Crippen LogP contribution in [0.4, 0.5) is 5.69 Å². The number of imidazole rings is 1. The summed E-state index contributed by atoms with van der Waals surface area (Å²) < 4.78 is 2.20. The summed E-state index contributed by atoms with van der Waals surface area (Å²) >= 11 is 1.77. The summed E-state index contributed by atoms with van der Waals surface area (Å²) in [7, 11) is 0. The molecule has 0 aliphatic carbocycles. The molecule has 0 aliphatic heterocycles. The van der Waals surface area contributed by atoms with Crippen LogP contribution in [0.25, 0.3) is 0 Å². The van der Waals surface area contributed by atoms with E-state index in [4.69, 9.17) is 5.73 Å². The second-order valence-corrected chi connectivity index (χ2v) is 5.50. The highest BCUT2D eigenvalue weighted by Crippen LogP contribution is 2.14. The molecule has 2 aromatic heterocycles. The van der Waals surface area contributed by atoms with E-state index in [1.165, 1.54) is 10.4 Å². The molecule has 0 aliphatic rings. The third kappa shape index (κ3) is 2.85. The van der Waals surface area contributed by atoms with Gasteiger partial charge < -0.3 is 10.3 Å². The lowest BCUT2D eigenvalue weighted by atomic mass is 10.1. The molecule has 0 bridgehead atoms. The standard InChI is InChI=1S/C15H15N3S/c16-13-5-3-12(4-6-13)10-15-17-7-8-18(15)11-14-2-1-9-19-14/h1-9H,10-11,16H2. The minimum absolute atomic E-state index is 0.797. The van der Waals surface area contributed by atoms with Crippen LogP contribution in [-0.2, 0) is 13.0 Å². The minimum atomic E-state index is 0.797. The van der Waals surface area contributed by atoms with Crippen molar-refractivity contribution < 1.29 is 0 Å². The monoisotopic (exact) mass is 269 g/mol. The van der Waals surface area contributed by atoms with Gasteiger partial charge in [-0.15, -0.1) is 11.3 Å². The van der Waals surface area contributed by atoms with E-state index in [0.717, 1.165) is 24.5 Å². The molecule has 1 aromatic carbocycles. The molecular formula is C15H15N3S. The predicted octanol–water partition coefficient (Wildman–Crippen LogP) is 3.17. The van der Waals surface area contributed by atoms with Crippen molar-refractivity contribution in [3.8, 4) is 0 Å². The van der Waals surface area contributed by atoms with Crippen LogP contribution >= 0.6 is 11.3 Å². The molecule has 0 fully saturated rings. The van der Waals surface area contributed by atoms with Crippen molar-refractivity contribution in [3.05, 3.63) is 70.4 Å². The highest BCUT2D eigenvalue weighted by atomic mass is 32.1. The Morgan fingerprint density at radius 3 is 2.74 bits per heavy atom. The van der Waals surface area contributed by atoms with Gasteiger partial charge >= 0.3 is 0 Å². The van der Waals surface area contributed by atoms with Crippen molar-refractivity contribution in [1.82, 2.24) is 9.55 Å². The summed E-state index contributed by atoms with van der Waals surface area (Å²) in [5, 5.41) is 2.10. The number of nitrogens with two attached hydrogens (primary N) is 1. The van der Waals surface area contributed by atoms with Crippen molar-refractivity contribution >= 4 is 17.0 Å². The average molecular weight is 269 g/mol. The molecule has 0 atom stereocenters. The maximum Gasteiger partial charge on any atom is 0.113 e. The van der Waals surface area contributed by atoms with E-state index in [-0.39, 0.29) is 0 Å². The lowest BCUT2D eigenvalue weighted by molar-refractivity contribution is 0.749. The Labute approximate surface area is 116 Å².